The van der Waals surface area contributed by atoms with Crippen LogP contribution >= 0.6 is 0 Å². The second-order valence-electron chi connectivity index (χ2n) is 9.01. The lowest BCUT2D eigenvalue weighted by molar-refractivity contribution is 0.0820. The van der Waals surface area contributed by atoms with Crippen molar-refractivity contribution < 1.29 is 13.9 Å². The van der Waals surface area contributed by atoms with Crippen LogP contribution in [0.2, 0.25) is 0 Å². The average Bonchev–Trinajstić information content (AvgIpc) is 3.24. The second-order valence-corrected chi connectivity index (χ2v) is 9.01. The monoisotopic (exact) mass is 505 g/mol. The van der Waals surface area contributed by atoms with E-state index in [2.05, 4.69) is 15.3 Å². The Morgan fingerprint density at radius 3 is 2.78 bits per heavy atom. The van der Waals surface area contributed by atoms with E-state index in [1.165, 1.54) is 17.0 Å². The summed E-state index contributed by atoms with van der Waals surface area (Å²) in [5.74, 6) is 0.387. The number of amides is 1. The van der Waals surface area contributed by atoms with Crippen molar-refractivity contribution in [1.29, 1.82) is 0 Å². The van der Waals surface area contributed by atoms with Gasteiger partial charge >= 0.3 is 0 Å². The number of nitrogens with zero attached hydrogens (tertiary/aromatic N) is 5. The van der Waals surface area contributed by atoms with Crippen LogP contribution in [0.4, 0.5) is 10.2 Å². The number of rotatable bonds is 4. The number of carbonyl (C=O) groups is 1. The van der Waals surface area contributed by atoms with Crippen molar-refractivity contribution in [2.75, 3.05) is 33.5 Å². The maximum atomic E-state index is 14.4. The number of aryl methyl sites for hydroxylation is 1. The summed E-state index contributed by atoms with van der Waals surface area (Å²) in [6.45, 7) is 4.33. The summed E-state index contributed by atoms with van der Waals surface area (Å²) in [6, 6.07) is 6.31. The molecule has 1 aromatic carbocycles. The minimum Gasteiger partial charge on any atom is -0.482 e. The number of halogens is 1. The third-order valence-electron chi connectivity index (χ3n) is 6.37. The molecule has 3 heterocycles. The van der Waals surface area contributed by atoms with Crippen molar-refractivity contribution >= 4 is 23.6 Å². The summed E-state index contributed by atoms with van der Waals surface area (Å²) in [6.07, 6.45) is 3.13. The number of aliphatic imine (C=N–C) groups is 1. The van der Waals surface area contributed by atoms with Crippen LogP contribution in [0.1, 0.15) is 47.1 Å². The average molecular weight is 506 g/mol. The van der Waals surface area contributed by atoms with Gasteiger partial charge in [-0.15, -0.1) is 0 Å². The molecule has 3 N–H and O–H groups in total. The molecule has 3 aromatic rings. The van der Waals surface area contributed by atoms with Crippen LogP contribution < -0.4 is 15.8 Å². The van der Waals surface area contributed by atoms with Gasteiger partial charge in [0.2, 0.25) is 0 Å². The van der Waals surface area contributed by atoms with Gasteiger partial charge in [-0.1, -0.05) is 0 Å². The van der Waals surface area contributed by atoms with E-state index in [4.69, 9.17) is 15.6 Å². The van der Waals surface area contributed by atoms with Crippen molar-refractivity contribution in [3.05, 3.63) is 64.2 Å². The van der Waals surface area contributed by atoms with Crippen LogP contribution in [0.25, 0.3) is 17.0 Å². The number of benzene rings is 1. The lowest BCUT2D eigenvalue weighted by Crippen LogP contribution is -2.23. The number of hydrogen-bond acceptors (Lipinski definition) is 7. The molecule has 0 spiro atoms. The van der Waals surface area contributed by atoms with E-state index in [1.54, 1.807) is 51.4 Å². The van der Waals surface area contributed by atoms with Gasteiger partial charge in [0.1, 0.15) is 11.9 Å². The van der Waals surface area contributed by atoms with Crippen molar-refractivity contribution in [2.24, 2.45) is 10.7 Å². The quantitative estimate of drug-likeness (QED) is 0.520. The third-order valence-corrected chi connectivity index (χ3v) is 6.37. The molecule has 1 aliphatic rings. The Hall–Kier alpha value is -4.21. The molecule has 1 aliphatic heterocycles. The Kier molecular flexibility index (Phi) is 7.28. The number of ether oxygens (including phenoxy) is 1. The fourth-order valence-corrected chi connectivity index (χ4v) is 4.55. The molecular weight excluding hydrogens is 473 g/mol. The minimum absolute atomic E-state index is 0.228. The molecule has 2 bridgehead atoms. The van der Waals surface area contributed by atoms with Crippen LogP contribution in [0.5, 0.6) is 5.75 Å². The van der Waals surface area contributed by atoms with Crippen LogP contribution in [-0.4, -0.2) is 60.0 Å². The molecule has 0 unspecified atom stereocenters. The van der Waals surface area contributed by atoms with Gasteiger partial charge in [0.15, 0.2) is 17.3 Å². The zero-order chi connectivity index (χ0) is 26.9. The van der Waals surface area contributed by atoms with Crippen molar-refractivity contribution in [3.63, 3.8) is 0 Å². The molecule has 0 aliphatic carbocycles. The number of aromatic nitrogens is 3. The molecular formula is C27H32FN7O2. The van der Waals surface area contributed by atoms with E-state index >= 15 is 0 Å². The van der Waals surface area contributed by atoms with E-state index in [-0.39, 0.29) is 12.3 Å². The van der Waals surface area contributed by atoms with Crippen LogP contribution in [0.3, 0.4) is 0 Å². The van der Waals surface area contributed by atoms with Crippen LogP contribution in [0, 0.1) is 5.82 Å². The van der Waals surface area contributed by atoms with Gasteiger partial charge in [-0.2, -0.15) is 5.10 Å². The van der Waals surface area contributed by atoms with E-state index < -0.39 is 11.9 Å². The molecule has 0 radical (unpaired) electrons. The molecule has 4 rings (SSSR count). The Morgan fingerprint density at radius 1 is 1.38 bits per heavy atom. The van der Waals surface area contributed by atoms with Crippen LogP contribution in [-0.2, 0) is 13.0 Å². The number of hydrogen-bond donors (Lipinski definition) is 2. The first-order valence-corrected chi connectivity index (χ1v) is 12.1. The predicted molar refractivity (Wildman–Crippen MR) is 143 cm³/mol. The number of allylic oxidation sites excluding steroid dienone is 1. The smallest absolute Gasteiger partial charge is 0.274 e. The van der Waals surface area contributed by atoms with Crippen LogP contribution in [0.15, 0.2) is 41.0 Å². The number of nitrogens with two attached hydrogens (primary N) is 1. The highest BCUT2D eigenvalue weighted by atomic mass is 19.1. The summed E-state index contributed by atoms with van der Waals surface area (Å²) in [4.78, 5) is 23.6. The highest BCUT2D eigenvalue weighted by Gasteiger charge is 2.28. The molecule has 194 valence electrons. The van der Waals surface area contributed by atoms with Crippen molar-refractivity contribution in [2.45, 2.75) is 32.9 Å². The van der Waals surface area contributed by atoms with Gasteiger partial charge in [0.25, 0.3) is 5.91 Å². The fraction of sp³-hybridized carbons (Fsp3) is 0.333. The first kappa shape index (κ1) is 25.9. The van der Waals surface area contributed by atoms with E-state index in [0.29, 0.717) is 51.8 Å². The van der Waals surface area contributed by atoms with Gasteiger partial charge in [0.05, 0.1) is 5.69 Å². The summed E-state index contributed by atoms with van der Waals surface area (Å²) in [5.41, 5.74) is 11.5. The second kappa shape index (κ2) is 10.4. The van der Waals surface area contributed by atoms with Crippen molar-refractivity contribution in [3.8, 4) is 17.0 Å². The summed E-state index contributed by atoms with van der Waals surface area (Å²) < 4.78 is 22.5. The summed E-state index contributed by atoms with van der Waals surface area (Å²) >= 11 is 0. The van der Waals surface area contributed by atoms with E-state index in [9.17, 15) is 9.18 Å². The van der Waals surface area contributed by atoms with Crippen molar-refractivity contribution in [1.82, 2.24) is 19.7 Å². The largest absolute Gasteiger partial charge is 0.482 e. The number of fused-ring (bicyclic) bond motifs is 5. The van der Waals surface area contributed by atoms with E-state index in [0.717, 1.165) is 11.3 Å². The highest BCUT2D eigenvalue weighted by molar-refractivity contribution is 5.97. The summed E-state index contributed by atoms with van der Waals surface area (Å²) in [5, 5.41) is 7.75. The SMILES string of the molecule is CCn1nc(C(=O)N(C)C)c2c1-c1cnc(NC)c(c1)O[C@H](C)c1cc(F)ccc1/C(N)=C(/C=NC)C2. The molecule has 0 saturated heterocycles. The molecule has 2 aromatic heterocycles. The number of anilines is 1. The Labute approximate surface area is 215 Å². The normalized spacial score (nSPS) is 17.3. The third kappa shape index (κ3) is 4.78. The van der Waals surface area contributed by atoms with E-state index in [1.807, 2.05) is 19.9 Å². The fourth-order valence-electron chi connectivity index (χ4n) is 4.55. The number of pyridine rings is 1. The summed E-state index contributed by atoms with van der Waals surface area (Å²) in [7, 11) is 6.79. The predicted octanol–water partition coefficient (Wildman–Crippen LogP) is 3.91. The molecule has 10 heteroatoms. The maximum absolute atomic E-state index is 14.4. The van der Waals surface area contributed by atoms with Gasteiger partial charge in [-0.05, 0) is 43.7 Å². The molecule has 0 fully saturated rings. The first-order chi connectivity index (χ1) is 17.7. The minimum atomic E-state index is -0.547. The highest BCUT2D eigenvalue weighted by Crippen LogP contribution is 2.38. The van der Waals surface area contributed by atoms with Gasteiger partial charge in [-0.3, -0.25) is 14.5 Å². The lowest BCUT2D eigenvalue weighted by Gasteiger charge is -2.23. The maximum Gasteiger partial charge on any atom is 0.274 e. The van der Waals surface area contributed by atoms with Gasteiger partial charge in [0, 0.05) is 81.5 Å². The molecule has 37 heavy (non-hydrogen) atoms. The first-order valence-electron chi connectivity index (χ1n) is 12.1. The zero-order valence-corrected chi connectivity index (χ0v) is 22.0. The lowest BCUT2D eigenvalue weighted by atomic mass is 9.93. The molecule has 1 amide bonds. The molecule has 0 saturated carbocycles. The zero-order valence-electron chi connectivity index (χ0n) is 22.0. The number of carbonyl (C=O) groups excluding carboxylic acids is 1. The topological polar surface area (TPSA) is 111 Å². The molecule has 9 nitrogen and oxygen atoms in total. The number of nitrogens with one attached hydrogen (secondary N) is 1. The molecule has 1 atom stereocenters. The Bertz CT molecular complexity index is 1410. The van der Waals surface area contributed by atoms with Gasteiger partial charge in [-0.25, -0.2) is 9.37 Å². The Balaban J connectivity index is 2.12. The Morgan fingerprint density at radius 2 is 2.14 bits per heavy atom. The standard InChI is InChI=1S/C27H32FN7O2/c1-7-35-25-17-11-22(26(31-4)32-14-17)37-15(2)20-12-18(28)8-9-19(20)23(29)16(13-30-3)10-21(25)24(33-35)27(36)34(5)6/h8-9,11-15H,7,10,29H2,1-6H3,(H,31,32)/b23-16-,30-13?/t15-/m1/s1. The van der Waals surface area contributed by atoms with Gasteiger partial charge < -0.3 is 20.7 Å².